The van der Waals surface area contributed by atoms with Crippen molar-refractivity contribution in [1.29, 1.82) is 0 Å². The third-order valence-corrected chi connectivity index (χ3v) is 2.86. The van der Waals surface area contributed by atoms with Crippen LogP contribution < -0.4 is 5.73 Å². The van der Waals surface area contributed by atoms with Crippen molar-refractivity contribution in [3.63, 3.8) is 0 Å². The molecule has 1 aliphatic rings. The van der Waals surface area contributed by atoms with Crippen molar-refractivity contribution in [3.05, 3.63) is 29.3 Å². The van der Waals surface area contributed by atoms with Crippen LogP contribution in [0.4, 0.5) is 0 Å². The van der Waals surface area contributed by atoms with Crippen LogP contribution in [-0.2, 0) is 16.0 Å². The van der Waals surface area contributed by atoms with Gasteiger partial charge in [0.05, 0.1) is 13.0 Å². The highest BCUT2D eigenvalue weighted by molar-refractivity contribution is 5.75. The summed E-state index contributed by atoms with van der Waals surface area (Å²) in [5.74, 6) is -0.420. The van der Waals surface area contributed by atoms with Crippen LogP contribution in [0.2, 0.25) is 0 Å². The molecule has 1 aromatic rings. The molecule has 0 spiro atoms. The Kier molecular flexibility index (Phi) is 2.36. The lowest BCUT2D eigenvalue weighted by atomic mass is 10.0. The van der Waals surface area contributed by atoms with Crippen LogP contribution in [0.1, 0.15) is 17.2 Å². The monoisotopic (exact) mass is 207 g/mol. The Morgan fingerprint density at radius 1 is 1.60 bits per heavy atom. The molecule has 15 heavy (non-hydrogen) atoms. The molecule has 0 radical (unpaired) electrons. The number of hydrogen-bond acceptors (Lipinski definition) is 4. The first-order chi connectivity index (χ1) is 7.13. The minimum absolute atomic E-state index is 0.200. The molecule has 0 aromatic heterocycles. The van der Waals surface area contributed by atoms with E-state index in [1.807, 2.05) is 0 Å². The van der Waals surface area contributed by atoms with Crippen LogP contribution in [0, 0.1) is 5.92 Å². The number of methoxy groups -OCH3 is 1. The molecular weight excluding hydrogens is 194 g/mol. The van der Waals surface area contributed by atoms with Gasteiger partial charge in [0.25, 0.3) is 0 Å². The average Bonchev–Trinajstić information content (AvgIpc) is 2.54. The van der Waals surface area contributed by atoms with Gasteiger partial charge < -0.3 is 15.6 Å². The van der Waals surface area contributed by atoms with E-state index in [1.165, 1.54) is 7.11 Å². The van der Waals surface area contributed by atoms with Crippen molar-refractivity contribution in [2.75, 3.05) is 7.11 Å². The van der Waals surface area contributed by atoms with Gasteiger partial charge in [-0.25, -0.2) is 0 Å². The summed E-state index contributed by atoms with van der Waals surface area (Å²) < 4.78 is 4.68. The molecule has 1 aromatic carbocycles. The second-order valence-electron chi connectivity index (χ2n) is 3.74. The number of rotatable bonds is 1. The van der Waals surface area contributed by atoms with Crippen LogP contribution in [0.3, 0.4) is 0 Å². The van der Waals surface area contributed by atoms with Crippen molar-refractivity contribution in [3.8, 4) is 5.75 Å². The maximum absolute atomic E-state index is 11.4. The number of hydrogen-bond donors (Lipinski definition) is 2. The molecule has 80 valence electrons. The summed E-state index contributed by atoms with van der Waals surface area (Å²) in [5, 5.41) is 9.31. The molecule has 0 saturated heterocycles. The molecule has 0 bridgehead atoms. The molecule has 4 heteroatoms. The molecule has 1 aliphatic carbocycles. The van der Waals surface area contributed by atoms with Gasteiger partial charge >= 0.3 is 5.97 Å². The number of aromatic hydroxyl groups is 1. The number of benzene rings is 1. The van der Waals surface area contributed by atoms with E-state index in [2.05, 4.69) is 4.74 Å². The Labute approximate surface area is 87.7 Å². The molecule has 0 saturated carbocycles. The van der Waals surface area contributed by atoms with E-state index in [1.54, 1.807) is 18.2 Å². The Morgan fingerprint density at radius 3 is 3.00 bits per heavy atom. The third-order valence-electron chi connectivity index (χ3n) is 2.86. The average molecular weight is 207 g/mol. The first-order valence-corrected chi connectivity index (χ1v) is 4.78. The lowest BCUT2D eigenvalue weighted by Gasteiger charge is -2.12. The Balaban J connectivity index is 2.32. The number of phenols is 1. The molecule has 4 nitrogen and oxygen atoms in total. The number of carbonyl (C=O) groups is 1. The number of ether oxygens (including phenoxy) is 1. The maximum Gasteiger partial charge on any atom is 0.310 e. The standard InChI is InChI=1S/C11H13NO3/c1-15-11(14)9-5-6-4-7(13)2-3-8(6)10(9)12/h2-4,9-10,13H,5,12H2,1H3. The predicted molar refractivity (Wildman–Crippen MR) is 54.2 cm³/mol. The summed E-state index contributed by atoms with van der Waals surface area (Å²) >= 11 is 0. The summed E-state index contributed by atoms with van der Waals surface area (Å²) in [4.78, 5) is 11.4. The highest BCUT2D eigenvalue weighted by Crippen LogP contribution is 2.36. The molecule has 0 amide bonds. The van der Waals surface area contributed by atoms with Crippen molar-refractivity contribution in [2.24, 2.45) is 11.7 Å². The summed E-state index contributed by atoms with van der Waals surface area (Å²) in [6, 6.07) is 4.67. The van der Waals surface area contributed by atoms with E-state index in [0.717, 1.165) is 11.1 Å². The van der Waals surface area contributed by atoms with Crippen LogP contribution in [0.15, 0.2) is 18.2 Å². The minimum atomic E-state index is -0.327. The van der Waals surface area contributed by atoms with Gasteiger partial charge in [0.15, 0.2) is 0 Å². The summed E-state index contributed by atoms with van der Waals surface area (Å²) in [5.41, 5.74) is 7.78. The molecular formula is C11H13NO3. The Bertz CT molecular complexity index is 403. The fraction of sp³-hybridized carbons (Fsp3) is 0.364. The molecule has 0 aliphatic heterocycles. The van der Waals surface area contributed by atoms with Crippen LogP contribution in [0.25, 0.3) is 0 Å². The van der Waals surface area contributed by atoms with Crippen molar-refractivity contribution >= 4 is 5.97 Å². The van der Waals surface area contributed by atoms with Gasteiger partial charge in [0.2, 0.25) is 0 Å². The summed E-state index contributed by atoms with van der Waals surface area (Å²) in [6.45, 7) is 0. The number of esters is 1. The smallest absolute Gasteiger partial charge is 0.310 e. The molecule has 2 atom stereocenters. The molecule has 3 N–H and O–H groups in total. The summed E-state index contributed by atoms with van der Waals surface area (Å²) in [6.07, 6.45) is 0.539. The highest BCUT2D eigenvalue weighted by Gasteiger charge is 2.35. The van der Waals surface area contributed by atoms with Crippen LogP contribution >= 0.6 is 0 Å². The Hall–Kier alpha value is -1.55. The third kappa shape index (κ3) is 1.57. The van der Waals surface area contributed by atoms with E-state index in [4.69, 9.17) is 5.73 Å². The zero-order valence-electron chi connectivity index (χ0n) is 8.43. The maximum atomic E-state index is 11.4. The van der Waals surface area contributed by atoms with E-state index in [0.29, 0.717) is 6.42 Å². The number of fused-ring (bicyclic) bond motifs is 1. The molecule has 2 unspecified atom stereocenters. The van der Waals surface area contributed by atoms with Gasteiger partial charge in [-0.1, -0.05) is 6.07 Å². The van der Waals surface area contributed by atoms with E-state index in [-0.39, 0.29) is 23.7 Å². The predicted octanol–water partition coefficient (Wildman–Crippen LogP) is 0.737. The van der Waals surface area contributed by atoms with Gasteiger partial charge in [-0.05, 0) is 29.7 Å². The lowest BCUT2D eigenvalue weighted by molar-refractivity contribution is -0.145. The molecule has 0 fully saturated rings. The van der Waals surface area contributed by atoms with Gasteiger partial charge in [0.1, 0.15) is 5.75 Å². The van der Waals surface area contributed by atoms with E-state index in [9.17, 15) is 9.90 Å². The first kappa shape index (κ1) is 9.98. The fourth-order valence-electron chi connectivity index (χ4n) is 2.06. The SMILES string of the molecule is COC(=O)C1Cc2cc(O)ccc2C1N. The second kappa shape index (κ2) is 3.55. The van der Waals surface area contributed by atoms with E-state index >= 15 is 0 Å². The summed E-state index contributed by atoms with van der Waals surface area (Å²) in [7, 11) is 1.36. The quantitative estimate of drug-likeness (QED) is 0.666. The zero-order valence-corrected chi connectivity index (χ0v) is 8.43. The lowest BCUT2D eigenvalue weighted by Crippen LogP contribution is -2.25. The number of carbonyl (C=O) groups excluding carboxylic acids is 1. The van der Waals surface area contributed by atoms with Crippen molar-refractivity contribution in [2.45, 2.75) is 12.5 Å². The van der Waals surface area contributed by atoms with E-state index < -0.39 is 0 Å². The highest BCUT2D eigenvalue weighted by atomic mass is 16.5. The normalized spacial score (nSPS) is 23.6. The fourth-order valence-corrected chi connectivity index (χ4v) is 2.06. The first-order valence-electron chi connectivity index (χ1n) is 4.78. The van der Waals surface area contributed by atoms with Crippen molar-refractivity contribution < 1.29 is 14.6 Å². The number of phenolic OH excluding ortho intramolecular Hbond substituents is 1. The van der Waals surface area contributed by atoms with Gasteiger partial charge in [0, 0.05) is 6.04 Å². The minimum Gasteiger partial charge on any atom is -0.508 e. The largest absolute Gasteiger partial charge is 0.508 e. The van der Waals surface area contributed by atoms with Gasteiger partial charge in [-0.2, -0.15) is 0 Å². The Morgan fingerprint density at radius 2 is 2.33 bits per heavy atom. The zero-order chi connectivity index (χ0) is 11.0. The second-order valence-corrected chi connectivity index (χ2v) is 3.74. The number of nitrogens with two attached hydrogens (primary N) is 1. The van der Waals surface area contributed by atoms with Crippen LogP contribution in [-0.4, -0.2) is 18.2 Å². The van der Waals surface area contributed by atoms with Gasteiger partial charge in [-0.3, -0.25) is 4.79 Å². The van der Waals surface area contributed by atoms with Gasteiger partial charge in [-0.15, -0.1) is 0 Å². The molecule has 0 heterocycles. The van der Waals surface area contributed by atoms with Crippen LogP contribution in [0.5, 0.6) is 5.75 Å². The topological polar surface area (TPSA) is 72.5 Å². The molecule has 2 rings (SSSR count). The van der Waals surface area contributed by atoms with Crippen molar-refractivity contribution in [1.82, 2.24) is 0 Å².